The minimum atomic E-state index is -1.27. The second-order valence-corrected chi connectivity index (χ2v) is 9.72. The van der Waals surface area contributed by atoms with Gasteiger partial charge >= 0.3 is 6.09 Å². The Labute approximate surface area is 209 Å². The van der Waals surface area contributed by atoms with Crippen molar-refractivity contribution in [3.8, 4) is 0 Å². The first-order chi connectivity index (χ1) is 16.4. The molecule has 0 bridgehead atoms. The molecule has 2 atom stereocenters. The lowest BCUT2D eigenvalue weighted by atomic mass is 10.00. The summed E-state index contributed by atoms with van der Waals surface area (Å²) < 4.78 is 5.28. The average Bonchev–Trinajstić information content (AvgIpc) is 2.74. The molecule has 1 rings (SSSR count). The molecule has 1 aromatic carbocycles. The fraction of sp³-hybridized carbons (Fsp3) is 0.615. The molecule has 0 aliphatic rings. The van der Waals surface area contributed by atoms with Gasteiger partial charge in [-0.15, -0.1) is 0 Å². The van der Waals surface area contributed by atoms with Gasteiger partial charge in [-0.1, -0.05) is 56.5 Å². The number of unbranched alkanes of at least 4 members (excludes halogenated alkanes) is 2. The molecule has 0 aliphatic heterocycles. The van der Waals surface area contributed by atoms with E-state index in [9.17, 15) is 19.2 Å². The quantitative estimate of drug-likeness (QED) is 0.365. The van der Waals surface area contributed by atoms with Crippen molar-refractivity contribution in [3.05, 3.63) is 35.4 Å². The van der Waals surface area contributed by atoms with Crippen molar-refractivity contribution in [1.29, 1.82) is 0 Å². The van der Waals surface area contributed by atoms with Gasteiger partial charge in [-0.2, -0.15) is 0 Å². The number of alkyl carbamates (subject to hydrolysis) is 1. The van der Waals surface area contributed by atoms with E-state index in [1.807, 2.05) is 39.0 Å². The van der Waals surface area contributed by atoms with Gasteiger partial charge in [0.05, 0.1) is 6.42 Å². The first kappa shape index (κ1) is 29.9. The Morgan fingerprint density at radius 1 is 1.09 bits per heavy atom. The first-order valence-corrected chi connectivity index (χ1v) is 12.3. The maximum absolute atomic E-state index is 13.8. The predicted molar refractivity (Wildman–Crippen MR) is 135 cm³/mol. The molecule has 0 aliphatic carbocycles. The van der Waals surface area contributed by atoms with Crippen LogP contribution in [0, 0.1) is 6.92 Å². The summed E-state index contributed by atoms with van der Waals surface area (Å²) in [6.45, 7) is 11.7. The number of nitrogens with one attached hydrogen (secondary N) is 2. The van der Waals surface area contributed by atoms with Crippen molar-refractivity contribution < 1.29 is 23.9 Å². The number of carbonyl (C=O) groups is 4. The number of aryl methyl sites for hydroxylation is 1. The van der Waals surface area contributed by atoms with Crippen LogP contribution in [0.2, 0.25) is 0 Å². The zero-order chi connectivity index (χ0) is 26.6. The zero-order valence-corrected chi connectivity index (χ0v) is 22.0. The SMILES string of the molecule is CCCCNC(=O)C(c1cccc(C)c1)N(CCCC)C(=O)C(CC(N)=O)NC(=O)OC(C)(C)C. The van der Waals surface area contributed by atoms with Crippen molar-refractivity contribution in [3.63, 3.8) is 0 Å². The summed E-state index contributed by atoms with van der Waals surface area (Å²) in [5.74, 6) is -1.64. The van der Waals surface area contributed by atoms with E-state index in [4.69, 9.17) is 10.5 Å². The summed E-state index contributed by atoms with van der Waals surface area (Å²) in [7, 11) is 0. The molecule has 0 heterocycles. The lowest BCUT2D eigenvalue weighted by Crippen LogP contribution is -2.54. The van der Waals surface area contributed by atoms with Crippen LogP contribution in [0.4, 0.5) is 4.79 Å². The van der Waals surface area contributed by atoms with E-state index in [0.717, 1.165) is 24.8 Å². The molecule has 9 nitrogen and oxygen atoms in total. The van der Waals surface area contributed by atoms with Crippen LogP contribution < -0.4 is 16.4 Å². The molecular formula is C26H42N4O5. The second-order valence-electron chi connectivity index (χ2n) is 9.72. The minimum absolute atomic E-state index is 0.264. The lowest BCUT2D eigenvalue weighted by Gasteiger charge is -2.34. The largest absolute Gasteiger partial charge is 0.444 e. The van der Waals surface area contributed by atoms with E-state index in [0.29, 0.717) is 18.5 Å². The molecule has 4 N–H and O–H groups in total. The monoisotopic (exact) mass is 490 g/mol. The van der Waals surface area contributed by atoms with E-state index in [2.05, 4.69) is 10.6 Å². The Balaban J connectivity index is 3.42. The fourth-order valence-corrected chi connectivity index (χ4v) is 3.54. The highest BCUT2D eigenvalue weighted by Gasteiger charge is 2.36. The van der Waals surface area contributed by atoms with Crippen LogP contribution in [0.15, 0.2) is 24.3 Å². The van der Waals surface area contributed by atoms with Crippen molar-refractivity contribution >= 4 is 23.8 Å². The van der Waals surface area contributed by atoms with Crippen LogP contribution in [-0.4, -0.2) is 53.4 Å². The second kappa shape index (κ2) is 14.3. The molecule has 0 spiro atoms. The third kappa shape index (κ3) is 10.8. The number of hydrogen-bond acceptors (Lipinski definition) is 5. The number of carbonyl (C=O) groups excluding carboxylic acids is 4. The normalized spacial score (nSPS) is 12.9. The Hall–Kier alpha value is -3.10. The molecular weight excluding hydrogens is 448 g/mol. The third-order valence-electron chi connectivity index (χ3n) is 5.18. The molecule has 196 valence electrons. The van der Waals surface area contributed by atoms with Crippen molar-refractivity contribution in [2.24, 2.45) is 5.73 Å². The van der Waals surface area contributed by atoms with E-state index >= 15 is 0 Å². The Bertz CT molecular complexity index is 866. The highest BCUT2D eigenvalue weighted by molar-refractivity contribution is 5.94. The van der Waals surface area contributed by atoms with Crippen LogP contribution in [-0.2, 0) is 19.1 Å². The number of benzene rings is 1. The number of nitrogens with two attached hydrogens (primary N) is 1. The van der Waals surface area contributed by atoms with Crippen LogP contribution in [0.1, 0.15) is 83.9 Å². The van der Waals surface area contributed by atoms with Gasteiger partial charge in [-0.05, 0) is 46.1 Å². The van der Waals surface area contributed by atoms with Gasteiger partial charge in [0.2, 0.25) is 17.7 Å². The topological polar surface area (TPSA) is 131 Å². The van der Waals surface area contributed by atoms with Gasteiger partial charge in [0.15, 0.2) is 0 Å². The average molecular weight is 491 g/mol. The maximum atomic E-state index is 13.8. The smallest absolute Gasteiger partial charge is 0.408 e. The number of nitrogens with zero attached hydrogens (tertiary/aromatic N) is 1. The summed E-state index contributed by atoms with van der Waals surface area (Å²) >= 11 is 0. The number of hydrogen-bond donors (Lipinski definition) is 3. The highest BCUT2D eigenvalue weighted by Crippen LogP contribution is 2.25. The molecule has 0 fully saturated rings. The Morgan fingerprint density at radius 3 is 2.29 bits per heavy atom. The third-order valence-corrected chi connectivity index (χ3v) is 5.18. The highest BCUT2D eigenvalue weighted by atomic mass is 16.6. The zero-order valence-electron chi connectivity index (χ0n) is 22.0. The van der Waals surface area contributed by atoms with Crippen LogP contribution in [0.5, 0.6) is 0 Å². The standard InChI is InChI=1S/C26H42N4O5/c1-7-9-14-28-23(32)22(19-13-11-12-18(3)16-19)30(15-10-8-2)24(33)20(17-21(27)31)29-25(34)35-26(4,5)6/h11-13,16,20,22H,7-10,14-15,17H2,1-6H3,(H2,27,31)(H,28,32)(H,29,34). The van der Waals surface area contributed by atoms with Crippen molar-refractivity contribution in [1.82, 2.24) is 15.5 Å². The van der Waals surface area contributed by atoms with Gasteiger partial charge in [0.1, 0.15) is 17.7 Å². The molecule has 0 aromatic heterocycles. The molecule has 0 radical (unpaired) electrons. The van der Waals surface area contributed by atoms with Crippen LogP contribution in [0.25, 0.3) is 0 Å². The molecule has 4 amide bonds. The van der Waals surface area contributed by atoms with E-state index in [-0.39, 0.29) is 12.5 Å². The summed E-state index contributed by atoms with van der Waals surface area (Å²) in [6.07, 6.45) is 1.87. The Kier molecular flexibility index (Phi) is 12.3. The summed E-state index contributed by atoms with van der Waals surface area (Å²) in [5, 5.41) is 5.41. The lowest BCUT2D eigenvalue weighted by molar-refractivity contribution is -0.143. The van der Waals surface area contributed by atoms with Crippen molar-refractivity contribution in [2.45, 2.75) is 91.3 Å². The number of primary amides is 1. The van der Waals surface area contributed by atoms with E-state index < -0.39 is 42.0 Å². The molecule has 9 heteroatoms. The Morgan fingerprint density at radius 2 is 1.74 bits per heavy atom. The number of rotatable bonds is 13. The number of ether oxygens (including phenoxy) is 1. The van der Waals surface area contributed by atoms with Crippen molar-refractivity contribution in [2.75, 3.05) is 13.1 Å². The van der Waals surface area contributed by atoms with Gasteiger partial charge in [0, 0.05) is 13.1 Å². The van der Waals surface area contributed by atoms with Gasteiger partial charge < -0.3 is 26.0 Å². The minimum Gasteiger partial charge on any atom is -0.444 e. The van der Waals surface area contributed by atoms with Gasteiger partial charge in [-0.3, -0.25) is 14.4 Å². The molecule has 2 unspecified atom stereocenters. The predicted octanol–water partition coefficient (Wildman–Crippen LogP) is 3.35. The summed E-state index contributed by atoms with van der Waals surface area (Å²) in [6, 6.07) is 5.21. The molecule has 0 saturated heterocycles. The van der Waals surface area contributed by atoms with Gasteiger partial charge in [-0.25, -0.2) is 4.79 Å². The number of amides is 4. The molecule has 35 heavy (non-hydrogen) atoms. The van der Waals surface area contributed by atoms with E-state index in [1.165, 1.54) is 4.90 Å². The van der Waals surface area contributed by atoms with Crippen LogP contribution >= 0.6 is 0 Å². The fourth-order valence-electron chi connectivity index (χ4n) is 3.54. The van der Waals surface area contributed by atoms with Gasteiger partial charge in [0.25, 0.3) is 0 Å². The molecule has 1 aromatic rings. The summed E-state index contributed by atoms with van der Waals surface area (Å²) in [5.41, 5.74) is 6.20. The summed E-state index contributed by atoms with van der Waals surface area (Å²) in [4.78, 5) is 52.8. The maximum Gasteiger partial charge on any atom is 0.408 e. The van der Waals surface area contributed by atoms with Crippen LogP contribution in [0.3, 0.4) is 0 Å². The first-order valence-electron chi connectivity index (χ1n) is 12.3. The van der Waals surface area contributed by atoms with E-state index in [1.54, 1.807) is 26.8 Å². The molecule has 0 saturated carbocycles.